The average molecular weight is 522 g/mol. The highest BCUT2D eigenvalue weighted by Crippen LogP contribution is 2.29. The number of benzene rings is 3. The Labute approximate surface area is 218 Å². The number of halogens is 1. The van der Waals surface area contributed by atoms with E-state index in [2.05, 4.69) is 20.7 Å². The number of hydrogen-bond donors (Lipinski definition) is 1. The average Bonchev–Trinajstić information content (AvgIpc) is 3.32. The quantitative estimate of drug-likeness (QED) is 0.186. The molecule has 0 aliphatic heterocycles. The molecule has 0 fully saturated rings. The molecule has 1 heterocycles. The van der Waals surface area contributed by atoms with Crippen LogP contribution in [-0.2, 0) is 4.79 Å². The molecule has 4 rings (SSSR count). The van der Waals surface area contributed by atoms with E-state index in [0.717, 1.165) is 16.8 Å². The van der Waals surface area contributed by atoms with Crippen LogP contribution >= 0.6 is 23.4 Å². The number of nitrogens with zero attached hydrogens (tertiary/aromatic N) is 4. The van der Waals surface area contributed by atoms with Gasteiger partial charge in [-0.15, -0.1) is 10.2 Å². The third-order valence-corrected chi connectivity index (χ3v) is 6.37. The van der Waals surface area contributed by atoms with E-state index in [0.29, 0.717) is 33.1 Å². The molecule has 3 aromatic carbocycles. The lowest BCUT2D eigenvalue weighted by Crippen LogP contribution is -2.20. The van der Waals surface area contributed by atoms with Gasteiger partial charge < -0.3 is 9.47 Å². The van der Waals surface area contributed by atoms with E-state index >= 15 is 0 Å². The third-order valence-electron chi connectivity index (χ3n) is 5.19. The molecule has 184 valence electrons. The maximum absolute atomic E-state index is 12.5. The van der Waals surface area contributed by atoms with Crippen molar-refractivity contribution in [2.24, 2.45) is 5.10 Å². The second kappa shape index (κ2) is 11.7. The van der Waals surface area contributed by atoms with Crippen molar-refractivity contribution in [1.82, 2.24) is 20.2 Å². The maximum atomic E-state index is 12.5. The molecular formula is C26H24ClN5O3S. The van der Waals surface area contributed by atoms with Gasteiger partial charge in [-0.25, -0.2) is 5.43 Å². The van der Waals surface area contributed by atoms with E-state index in [1.165, 1.54) is 18.0 Å². The summed E-state index contributed by atoms with van der Waals surface area (Å²) in [6, 6.07) is 20.7. The van der Waals surface area contributed by atoms with Gasteiger partial charge >= 0.3 is 0 Å². The number of nitrogens with one attached hydrogen (secondary N) is 1. The fraction of sp³-hybridized carbons (Fsp3) is 0.154. The molecule has 1 aromatic heterocycles. The van der Waals surface area contributed by atoms with Crippen molar-refractivity contribution in [2.45, 2.75) is 12.1 Å². The van der Waals surface area contributed by atoms with Crippen LogP contribution in [0.4, 0.5) is 0 Å². The molecular weight excluding hydrogens is 498 g/mol. The molecule has 8 nitrogen and oxygen atoms in total. The van der Waals surface area contributed by atoms with Gasteiger partial charge in [-0.05, 0) is 55.5 Å². The van der Waals surface area contributed by atoms with Crippen LogP contribution in [0.25, 0.3) is 17.1 Å². The number of amides is 1. The lowest BCUT2D eigenvalue weighted by Gasteiger charge is -2.11. The summed E-state index contributed by atoms with van der Waals surface area (Å²) >= 11 is 7.33. The molecule has 10 heteroatoms. The van der Waals surface area contributed by atoms with Crippen LogP contribution in [-0.4, -0.2) is 46.9 Å². The number of hydrogen-bond acceptors (Lipinski definition) is 7. The second-order valence-electron chi connectivity index (χ2n) is 7.67. The predicted molar refractivity (Wildman–Crippen MR) is 143 cm³/mol. The van der Waals surface area contributed by atoms with E-state index in [4.69, 9.17) is 21.1 Å². The molecule has 0 atom stereocenters. The zero-order valence-electron chi connectivity index (χ0n) is 19.9. The van der Waals surface area contributed by atoms with Crippen molar-refractivity contribution in [3.63, 3.8) is 0 Å². The zero-order valence-corrected chi connectivity index (χ0v) is 21.5. The Hall–Kier alpha value is -3.82. The van der Waals surface area contributed by atoms with Gasteiger partial charge in [0.05, 0.1) is 26.2 Å². The number of methoxy groups -OCH3 is 2. The molecule has 0 radical (unpaired) electrons. The van der Waals surface area contributed by atoms with Gasteiger partial charge in [0.15, 0.2) is 11.0 Å². The van der Waals surface area contributed by atoms with Gasteiger partial charge in [-0.3, -0.25) is 9.36 Å². The number of thioether (sulfide) groups is 1. The fourth-order valence-electron chi connectivity index (χ4n) is 3.34. The predicted octanol–water partition coefficient (Wildman–Crippen LogP) is 5.16. The Morgan fingerprint density at radius 3 is 2.50 bits per heavy atom. The van der Waals surface area contributed by atoms with Crippen LogP contribution in [0.1, 0.15) is 11.1 Å². The molecule has 4 aromatic rings. The van der Waals surface area contributed by atoms with Gasteiger partial charge in [0.2, 0.25) is 0 Å². The van der Waals surface area contributed by atoms with E-state index < -0.39 is 0 Å². The molecule has 36 heavy (non-hydrogen) atoms. The van der Waals surface area contributed by atoms with Crippen molar-refractivity contribution in [1.29, 1.82) is 0 Å². The Balaban J connectivity index is 1.49. The van der Waals surface area contributed by atoms with Crippen molar-refractivity contribution in [3.8, 4) is 28.6 Å². The standard InChI is InChI=1S/C26H24ClN5O3S/c1-17-4-11-21(12-5-17)32-25(18-6-9-20(27)10-7-18)30-31-26(32)36-16-24(33)29-28-15-19-8-13-22(34-2)14-23(19)35-3/h4-15H,16H2,1-3H3,(H,29,33). The first-order chi connectivity index (χ1) is 17.5. The van der Waals surface area contributed by atoms with Gasteiger partial charge in [0, 0.05) is 27.9 Å². The summed E-state index contributed by atoms with van der Waals surface area (Å²) in [6.45, 7) is 2.03. The minimum absolute atomic E-state index is 0.0989. The summed E-state index contributed by atoms with van der Waals surface area (Å²) in [4.78, 5) is 12.5. The molecule has 1 amide bonds. The number of aromatic nitrogens is 3. The van der Waals surface area contributed by atoms with Gasteiger partial charge in [-0.2, -0.15) is 5.10 Å². The van der Waals surface area contributed by atoms with Crippen molar-refractivity contribution < 1.29 is 14.3 Å². The van der Waals surface area contributed by atoms with Gasteiger partial charge in [-0.1, -0.05) is 41.1 Å². The van der Waals surface area contributed by atoms with Gasteiger partial charge in [0.25, 0.3) is 5.91 Å². The molecule has 0 saturated heterocycles. The summed E-state index contributed by atoms with van der Waals surface area (Å²) in [5.41, 5.74) is 6.14. The summed E-state index contributed by atoms with van der Waals surface area (Å²) in [5.74, 6) is 1.72. The number of aryl methyl sites for hydroxylation is 1. The smallest absolute Gasteiger partial charge is 0.250 e. The van der Waals surface area contributed by atoms with Gasteiger partial charge in [0.1, 0.15) is 11.5 Å². The van der Waals surface area contributed by atoms with E-state index in [1.807, 2.05) is 47.9 Å². The molecule has 0 aliphatic carbocycles. The Bertz CT molecular complexity index is 1370. The molecule has 1 N–H and O–H groups in total. The van der Waals surface area contributed by atoms with Crippen molar-refractivity contribution in [2.75, 3.05) is 20.0 Å². The number of carbonyl (C=O) groups excluding carboxylic acids is 1. The van der Waals surface area contributed by atoms with Crippen LogP contribution in [0.5, 0.6) is 11.5 Å². The van der Waals surface area contributed by atoms with Crippen LogP contribution in [0.3, 0.4) is 0 Å². The monoisotopic (exact) mass is 521 g/mol. The van der Waals surface area contributed by atoms with Crippen LogP contribution in [0.2, 0.25) is 5.02 Å². The topological polar surface area (TPSA) is 90.6 Å². The summed E-state index contributed by atoms with van der Waals surface area (Å²) in [5, 5.41) is 14.0. The Morgan fingerprint density at radius 1 is 1.06 bits per heavy atom. The third kappa shape index (κ3) is 6.05. The highest BCUT2D eigenvalue weighted by molar-refractivity contribution is 7.99. The number of carbonyl (C=O) groups is 1. The number of rotatable bonds is 9. The second-order valence-corrected chi connectivity index (χ2v) is 9.05. The van der Waals surface area contributed by atoms with Crippen LogP contribution < -0.4 is 14.9 Å². The lowest BCUT2D eigenvalue weighted by atomic mass is 10.2. The van der Waals surface area contributed by atoms with E-state index in [-0.39, 0.29) is 11.7 Å². The molecule has 0 aliphatic rings. The summed E-state index contributed by atoms with van der Waals surface area (Å²) in [7, 11) is 3.14. The van der Waals surface area contributed by atoms with Crippen molar-refractivity contribution in [3.05, 3.63) is 82.9 Å². The van der Waals surface area contributed by atoms with Crippen molar-refractivity contribution >= 4 is 35.5 Å². The minimum Gasteiger partial charge on any atom is -0.497 e. The van der Waals surface area contributed by atoms with E-state index in [1.54, 1.807) is 44.6 Å². The summed E-state index contributed by atoms with van der Waals surface area (Å²) < 4.78 is 12.5. The Kier molecular flexibility index (Phi) is 8.24. The SMILES string of the molecule is COc1ccc(C=NNC(=O)CSc2nnc(-c3ccc(Cl)cc3)n2-c2ccc(C)cc2)c(OC)c1. The summed E-state index contributed by atoms with van der Waals surface area (Å²) in [6.07, 6.45) is 1.52. The largest absolute Gasteiger partial charge is 0.497 e. The first kappa shape index (κ1) is 25.3. The first-order valence-electron chi connectivity index (χ1n) is 10.9. The normalized spacial score (nSPS) is 11.0. The molecule has 0 bridgehead atoms. The Morgan fingerprint density at radius 2 is 1.81 bits per heavy atom. The molecule has 0 unspecified atom stereocenters. The number of ether oxygens (including phenoxy) is 2. The zero-order chi connectivity index (χ0) is 25.5. The maximum Gasteiger partial charge on any atom is 0.250 e. The molecule has 0 spiro atoms. The fourth-order valence-corrected chi connectivity index (χ4v) is 4.21. The highest BCUT2D eigenvalue weighted by Gasteiger charge is 2.17. The number of hydrazone groups is 1. The minimum atomic E-state index is -0.282. The van der Waals surface area contributed by atoms with Crippen LogP contribution in [0.15, 0.2) is 77.0 Å². The molecule has 0 saturated carbocycles. The van der Waals surface area contributed by atoms with E-state index in [9.17, 15) is 4.79 Å². The lowest BCUT2D eigenvalue weighted by molar-refractivity contribution is -0.118. The first-order valence-corrected chi connectivity index (χ1v) is 12.3. The van der Waals surface area contributed by atoms with Crippen LogP contribution in [0, 0.1) is 6.92 Å². The highest BCUT2D eigenvalue weighted by atomic mass is 35.5.